The summed E-state index contributed by atoms with van der Waals surface area (Å²) in [6.45, 7) is 3.67. The summed E-state index contributed by atoms with van der Waals surface area (Å²) in [6, 6.07) is 5.71. The molecule has 1 amide bonds. The Morgan fingerprint density at radius 3 is 2.14 bits per heavy atom. The maximum Gasteiger partial charge on any atom is 0.471 e. The van der Waals surface area contributed by atoms with Crippen LogP contribution in [0.2, 0.25) is 0 Å². The zero-order chi connectivity index (χ0) is 16.1. The van der Waals surface area contributed by atoms with E-state index in [9.17, 15) is 22.5 Å². The van der Waals surface area contributed by atoms with Crippen LogP contribution in [0.5, 0.6) is 0 Å². The monoisotopic (exact) mass is 323 g/mol. The van der Waals surface area contributed by atoms with Crippen molar-refractivity contribution in [1.29, 1.82) is 0 Å². The average molecular weight is 323 g/mol. The highest BCUT2D eigenvalue weighted by atomic mass is 31.2. The molecule has 4 nitrogen and oxygen atoms in total. The Labute approximate surface area is 121 Å². The summed E-state index contributed by atoms with van der Waals surface area (Å²) in [7, 11) is -2.62. The zero-order valence-corrected chi connectivity index (χ0v) is 12.6. The predicted octanol–water partition coefficient (Wildman–Crippen LogP) is 4.02. The number of carbonyl (C=O) groups excluding carboxylic acids is 1. The predicted molar refractivity (Wildman–Crippen MR) is 74.6 cm³/mol. The normalized spacial score (nSPS) is 12.2. The molecular weight excluding hydrogens is 306 g/mol. The largest absolute Gasteiger partial charge is 0.471 e. The first kappa shape index (κ1) is 17.7. The van der Waals surface area contributed by atoms with Crippen molar-refractivity contribution in [3.8, 4) is 0 Å². The fourth-order valence-electron chi connectivity index (χ4n) is 1.48. The number of amides is 1. The Hall–Kier alpha value is -1.33. The van der Waals surface area contributed by atoms with Gasteiger partial charge in [0.1, 0.15) is 0 Å². The maximum atomic E-state index is 12.1. The van der Waals surface area contributed by atoms with Crippen LogP contribution in [0, 0.1) is 0 Å². The summed E-state index contributed by atoms with van der Waals surface area (Å²) in [5.41, 5.74) is 0.706. The first-order chi connectivity index (χ1) is 9.70. The second-order valence-corrected chi connectivity index (χ2v) is 7.52. The van der Waals surface area contributed by atoms with Gasteiger partial charge in [-0.1, -0.05) is 26.0 Å². The molecule has 0 bridgehead atoms. The molecule has 1 N–H and O–H groups in total. The standard InChI is InChI=1S/C13H17F3NO3P/c1-3-21(19,4-2)20-9-10-5-7-11(8-6-10)17-12(18)13(14,15)16/h5-8H,3-4,9H2,1-2H3,(H,17,18). The summed E-state index contributed by atoms with van der Waals surface area (Å²) in [4.78, 5) is 10.8. The van der Waals surface area contributed by atoms with Crippen LogP contribution in [0.3, 0.4) is 0 Å². The van der Waals surface area contributed by atoms with Gasteiger partial charge in [-0.3, -0.25) is 9.36 Å². The number of rotatable bonds is 6. The Bertz CT molecular complexity index is 520. The molecular formula is C13H17F3NO3P. The lowest BCUT2D eigenvalue weighted by Gasteiger charge is -2.15. The van der Waals surface area contributed by atoms with Gasteiger partial charge in [0.25, 0.3) is 0 Å². The molecule has 0 unspecified atom stereocenters. The Kier molecular flexibility index (Phi) is 5.98. The summed E-state index contributed by atoms with van der Waals surface area (Å²) in [5, 5.41) is 1.74. The molecule has 0 saturated heterocycles. The van der Waals surface area contributed by atoms with Gasteiger partial charge in [-0.15, -0.1) is 0 Å². The molecule has 0 atom stereocenters. The fraction of sp³-hybridized carbons (Fsp3) is 0.462. The third-order valence-corrected chi connectivity index (χ3v) is 5.43. The third kappa shape index (κ3) is 5.52. The first-order valence-electron chi connectivity index (χ1n) is 6.40. The van der Waals surface area contributed by atoms with E-state index in [4.69, 9.17) is 4.52 Å². The summed E-state index contributed by atoms with van der Waals surface area (Å²) in [6.07, 6.45) is -4.05. The Balaban J connectivity index is 2.63. The van der Waals surface area contributed by atoms with Gasteiger partial charge in [0, 0.05) is 18.0 Å². The van der Waals surface area contributed by atoms with Crippen LogP contribution in [0.25, 0.3) is 0 Å². The van der Waals surface area contributed by atoms with E-state index in [1.807, 2.05) is 0 Å². The van der Waals surface area contributed by atoms with Gasteiger partial charge in [-0.05, 0) is 17.7 Å². The summed E-state index contributed by atoms with van der Waals surface area (Å²) < 4.78 is 53.7. The third-order valence-electron chi connectivity index (χ3n) is 2.90. The van der Waals surface area contributed by atoms with Gasteiger partial charge in [-0.2, -0.15) is 13.2 Å². The molecule has 21 heavy (non-hydrogen) atoms. The van der Waals surface area contributed by atoms with E-state index in [-0.39, 0.29) is 12.3 Å². The number of hydrogen-bond donors (Lipinski definition) is 1. The molecule has 0 heterocycles. The van der Waals surface area contributed by atoms with Crippen LogP contribution in [0.1, 0.15) is 19.4 Å². The molecule has 0 saturated carbocycles. The van der Waals surface area contributed by atoms with Crippen molar-refractivity contribution in [2.75, 3.05) is 17.6 Å². The van der Waals surface area contributed by atoms with Crippen LogP contribution < -0.4 is 5.32 Å². The zero-order valence-electron chi connectivity index (χ0n) is 11.7. The number of nitrogens with one attached hydrogen (secondary N) is 1. The van der Waals surface area contributed by atoms with Gasteiger partial charge >= 0.3 is 12.1 Å². The smallest absolute Gasteiger partial charge is 0.324 e. The van der Waals surface area contributed by atoms with E-state index in [2.05, 4.69) is 0 Å². The van der Waals surface area contributed by atoms with Gasteiger partial charge in [0.05, 0.1) is 6.61 Å². The number of alkyl halides is 3. The molecule has 0 fully saturated rings. The number of benzene rings is 1. The van der Waals surface area contributed by atoms with Crippen molar-refractivity contribution >= 4 is 19.0 Å². The van der Waals surface area contributed by atoms with E-state index in [0.29, 0.717) is 17.9 Å². The lowest BCUT2D eigenvalue weighted by atomic mass is 10.2. The second kappa shape index (κ2) is 7.09. The highest BCUT2D eigenvalue weighted by molar-refractivity contribution is 7.58. The fourth-order valence-corrected chi connectivity index (χ4v) is 2.68. The maximum absolute atomic E-state index is 12.1. The number of anilines is 1. The number of halogens is 3. The van der Waals surface area contributed by atoms with E-state index in [1.54, 1.807) is 19.2 Å². The van der Waals surface area contributed by atoms with Crippen LogP contribution in [-0.4, -0.2) is 24.4 Å². The minimum Gasteiger partial charge on any atom is -0.324 e. The average Bonchev–Trinajstić information content (AvgIpc) is 2.45. The molecule has 0 radical (unpaired) electrons. The molecule has 1 rings (SSSR count). The Morgan fingerprint density at radius 1 is 1.19 bits per heavy atom. The molecule has 8 heteroatoms. The topological polar surface area (TPSA) is 55.4 Å². The van der Waals surface area contributed by atoms with Crippen molar-refractivity contribution in [3.63, 3.8) is 0 Å². The van der Waals surface area contributed by atoms with Crippen molar-refractivity contribution in [2.45, 2.75) is 26.6 Å². The van der Waals surface area contributed by atoms with E-state index in [0.717, 1.165) is 0 Å². The molecule has 1 aromatic rings. The van der Waals surface area contributed by atoms with Gasteiger partial charge in [-0.25, -0.2) is 0 Å². The quantitative estimate of drug-likeness (QED) is 0.804. The van der Waals surface area contributed by atoms with Crippen molar-refractivity contribution in [3.05, 3.63) is 29.8 Å². The molecule has 0 spiro atoms. The second-order valence-electron chi connectivity index (χ2n) is 4.37. The van der Waals surface area contributed by atoms with Crippen molar-refractivity contribution in [1.82, 2.24) is 0 Å². The van der Waals surface area contributed by atoms with Gasteiger partial charge in [0.15, 0.2) is 0 Å². The summed E-state index contributed by atoms with van der Waals surface area (Å²) in [5.74, 6) is -2.02. The molecule has 118 valence electrons. The highest BCUT2D eigenvalue weighted by Crippen LogP contribution is 2.46. The SMILES string of the molecule is CCP(=O)(CC)OCc1ccc(NC(=O)C(F)(F)F)cc1. The van der Waals surface area contributed by atoms with E-state index in [1.165, 1.54) is 24.3 Å². The Morgan fingerprint density at radius 2 is 1.71 bits per heavy atom. The lowest BCUT2D eigenvalue weighted by molar-refractivity contribution is -0.167. The summed E-state index contributed by atoms with van der Waals surface area (Å²) >= 11 is 0. The van der Waals surface area contributed by atoms with Gasteiger partial charge < -0.3 is 9.84 Å². The lowest BCUT2D eigenvalue weighted by Crippen LogP contribution is -2.29. The van der Waals surface area contributed by atoms with E-state index >= 15 is 0 Å². The van der Waals surface area contributed by atoms with Crippen molar-refractivity contribution < 1.29 is 27.1 Å². The number of carbonyl (C=O) groups is 1. The van der Waals surface area contributed by atoms with Crippen LogP contribution in [0.4, 0.5) is 18.9 Å². The highest BCUT2D eigenvalue weighted by Gasteiger charge is 2.38. The molecule has 0 aromatic heterocycles. The molecule has 1 aromatic carbocycles. The van der Waals surface area contributed by atoms with Crippen LogP contribution in [-0.2, 0) is 20.5 Å². The van der Waals surface area contributed by atoms with Crippen molar-refractivity contribution in [2.24, 2.45) is 0 Å². The van der Waals surface area contributed by atoms with Crippen LogP contribution in [0.15, 0.2) is 24.3 Å². The minimum atomic E-state index is -4.92. The van der Waals surface area contributed by atoms with Crippen LogP contribution >= 0.6 is 7.37 Å². The number of hydrogen-bond acceptors (Lipinski definition) is 3. The first-order valence-corrected chi connectivity index (χ1v) is 8.39. The molecule has 0 aliphatic carbocycles. The molecule has 0 aliphatic rings. The van der Waals surface area contributed by atoms with Gasteiger partial charge in [0.2, 0.25) is 7.37 Å². The van der Waals surface area contributed by atoms with E-state index < -0.39 is 19.5 Å². The molecule has 0 aliphatic heterocycles. The minimum absolute atomic E-state index is 0.0373.